The molecule has 17 heavy (non-hydrogen) atoms. The van der Waals surface area contributed by atoms with Crippen LogP contribution >= 0.6 is 12.2 Å². The summed E-state index contributed by atoms with van der Waals surface area (Å²) in [6.07, 6.45) is 3.70. The molecule has 1 saturated heterocycles. The fourth-order valence-electron chi connectivity index (χ4n) is 1.92. The molecule has 0 aromatic heterocycles. The second kappa shape index (κ2) is 9.62. The fourth-order valence-corrected chi connectivity index (χ4v) is 2.12. The van der Waals surface area contributed by atoms with Crippen molar-refractivity contribution >= 4 is 17.3 Å². The van der Waals surface area contributed by atoms with Crippen LogP contribution in [0.15, 0.2) is 0 Å². The topological polar surface area (TPSA) is 36.5 Å². The van der Waals surface area contributed by atoms with Gasteiger partial charge in [0.05, 0.1) is 0 Å². The van der Waals surface area contributed by atoms with Gasteiger partial charge in [0, 0.05) is 32.8 Å². The molecule has 2 N–H and O–H groups in total. The van der Waals surface area contributed by atoms with Crippen molar-refractivity contribution in [3.8, 4) is 0 Å². The van der Waals surface area contributed by atoms with Gasteiger partial charge in [-0.15, -0.1) is 0 Å². The molecular weight excluding hydrogens is 234 g/mol. The number of nitrogens with zero attached hydrogens (tertiary/aromatic N) is 1. The molecule has 1 aliphatic rings. The Balaban J connectivity index is 1.86. The lowest BCUT2D eigenvalue weighted by molar-refractivity contribution is 0.145. The molecule has 0 aromatic carbocycles. The van der Waals surface area contributed by atoms with Gasteiger partial charge in [0.25, 0.3) is 0 Å². The smallest absolute Gasteiger partial charge is 0.166 e. The minimum Gasteiger partial charge on any atom is -0.382 e. The number of thiocarbonyl (C=S) groups is 1. The van der Waals surface area contributed by atoms with E-state index in [4.69, 9.17) is 17.0 Å². The second-order valence-corrected chi connectivity index (χ2v) is 4.69. The number of ether oxygens (including phenoxy) is 1. The number of nitrogens with one attached hydrogen (secondary N) is 2. The van der Waals surface area contributed by atoms with Gasteiger partial charge in [-0.05, 0) is 51.5 Å². The Morgan fingerprint density at radius 1 is 1.24 bits per heavy atom. The molecule has 1 rings (SSSR count). The fraction of sp³-hybridized carbons (Fsp3) is 0.917. The minimum absolute atomic E-state index is 0.765. The zero-order valence-electron chi connectivity index (χ0n) is 10.8. The average molecular weight is 259 g/mol. The first-order valence-electron chi connectivity index (χ1n) is 6.64. The van der Waals surface area contributed by atoms with E-state index in [2.05, 4.69) is 15.5 Å². The lowest BCUT2D eigenvalue weighted by Crippen LogP contribution is -2.40. The van der Waals surface area contributed by atoms with Crippen LogP contribution < -0.4 is 10.6 Å². The molecule has 1 heterocycles. The molecular formula is C12H25N3OS. The molecule has 0 unspecified atom stereocenters. The molecule has 0 bridgehead atoms. The van der Waals surface area contributed by atoms with E-state index in [0.717, 1.165) is 44.4 Å². The van der Waals surface area contributed by atoms with Crippen LogP contribution in [0.3, 0.4) is 0 Å². The van der Waals surface area contributed by atoms with Crippen molar-refractivity contribution in [2.75, 3.05) is 45.9 Å². The third-order valence-corrected chi connectivity index (χ3v) is 3.16. The summed E-state index contributed by atoms with van der Waals surface area (Å²) in [6.45, 7) is 9.02. The average Bonchev–Trinajstić information content (AvgIpc) is 2.82. The zero-order chi connectivity index (χ0) is 12.3. The lowest BCUT2D eigenvalue weighted by Gasteiger charge is -2.16. The van der Waals surface area contributed by atoms with Gasteiger partial charge in [-0.3, -0.25) is 0 Å². The Kier molecular flexibility index (Phi) is 8.30. The highest BCUT2D eigenvalue weighted by Crippen LogP contribution is 2.05. The Labute approximate surface area is 110 Å². The zero-order valence-corrected chi connectivity index (χ0v) is 11.7. The summed E-state index contributed by atoms with van der Waals surface area (Å²) in [5, 5.41) is 7.19. The van der Waals surface area contributed by atoms with Crippen molar-refractivity contribution in [2.45, 2.75) is 26.2 Å². The third-order valence-electron chi connectivity index (χ3n) is 2.87. The van der Waals surface area contributed by atoms with Crippen LogP contribution in [0.5, 0.6) is 0 Å². The summed E-state index contributed by atoms with van der Waals surface area (Å²) < 4.78 is 5.25. The van der Waals surface area contributed by atoms with Gasteiger partial charge in [-0.25, -0.2) is 0 Å². The number of hydrogen-bond donors (Lipinski definition) is 2. The maximum absolute atomic E-state index is 5.25. The van der Waals surface area contributed by atoms with Gasteiger partial charge < -0.3 is 20.3 Å². The maximum Gasteiger partial charge on any atom is 0.166 e. The van der Waals surface area contributed by atoms with E-state index in [1.54, 1.807) is 0 Å². The van der Waals surface area contributed by atoms with E-state index < -0.39 is 0 Å². The van der Waals surface area contributed by atoms with Gasteiger partial charge in [0.1, 0.15) is 0 Å². The van der Waals surface area contributed by atoms with Gasteiger partial charge in [-0.2, -0.15) is 0 Å². The Morgan fingerprint density at radius 3 is 2.65 bits per heavy atom. The lowest BCUT2D eigenvalue weighted by atomic mass is 10.4. The molecule has 1 aliphatic heterocycles. The van der Waals surface area contributed by atoms with Crippen molar-refractivity contribution in [2.24, 2.45) is 0 Å². The second-order valence-electron chi connectivity index (χ2n) is 4.28. The van der Waals surface area contributed by atoms with E-state index in [1.165, 1.54) is 25.9 Å². The van der Waals surface area contributed by atoms with Crippen LogP contribution in [0.25, 0.3) is 0 Å². The molecule has 100 valence electrons. The Bertz CT molecular complexity index is 208. The number of rotatable bonds is 8. The van der Waals surface area contributed by atoms with Crippen molar-refractivity contribution in [3.05, 3.63) is 0 Å². The van der Waals surface area contributed by atoms with Gasteiger partial charge in [-0.1, -0.05) is 0 Å². The molecule has 0 aromatic rings. The summed E-state index contributed by atoms with van der Waals surface area (Å²) in [4.78, 5) is 2.48. The van der Waals surface area contributed by atoms with Crippen LogP contribution in [-0.2, 0) is 4.74 Å². The van der Waals surface area contributed by atoms with Crippen LogP contribution in [0.4, 0.5) is 0 Å². The first-order valence-corrected chi connectivity index (χ1v) is 7.05. The number of hydrogen-bond acceptors (Lipinski definition) is 3. The molecule has 0 saturated carbocycles. The highest BCUT2D eigenvalue weighted by molar-refractivity contribution is 7.80. The van der Waals surface area contributed by atoms with E-state index in [-0.39, 0.29) is 0 Å². The van der Waals surface area contributed by atoms with E-state index in [0.29, 0.717) is 0 Å². The molecule has 0 radical (unpaired) electrons. The van der Waals surface area contributed by atoms with E-state index in [9.17, 15) is 0 Å². The van der Waals surface area contributed by atoms with Crippen LogP contribution in [0.2, 0.25) is 0 Å². The minimum atomic E-state index is 0.765. The van der Waals surface area contributed by atoms with E-state index >= 15 is 0 Å². The molecule has 4 nitrogen and oxygen atoms in total. The largest absolute Gasteiger partial charge is 0.382 e. The predicted molar refractivity (Wildman–Crippen MR) is 75.4 cm³/mol. The molecule has 0 spiro atoms. The SMILES string of the molecule is CCOCCCNC(=S)NCCN1CCCC1. The summed E-state index contributed by atoms with van der Waals surface area (Å²) in [5.74, 6) is 0. The molecule has 1 fully saturated rings. The van der Waals surface area contributed by atoms with Crippen molar-refractivity contribution in [3.63, 3.8) is 0 Å². The van der Waals surface area contributed by atoms with Crippen molar-refractivity contribution in [1.29, 1.82) is 0 Å². The summed E-state index contributed by atoms with van der Waals surface area (Å²) in [5.41, 5.74) is 0. The van der Waals surface area contributed by atoms with Crippen molar-refractivity contribution in [1.82, 2.24) is 15.5 Å². The third kappa shape index (κ3) is 7.52. The highest BCUT2D eigenvalue weighted by atomic mass is 32.1. The summed E-state index contributed by atoms with van der Waals surface area (Å²) >= 11 is 5.19. The molecule has 0 atom stereocenters. The normalized spacial score (nSPS) is 16.1. The molecule has 0 amide bonds. The summed E-state index contributed by atoms with van der Waals surface area (Å²) in [7, 11) is 0. The quantitative estimate of drug-likeness (QED) is 0.502. The highest BCUT2D eigenvalue weighted by Gasteiger charge is 2.10. The van der Waals surface area contributed by atoms with Gasteiger partial charge in [0.15, 0.2) is 5.11 Å². The van der Waals surface area contributed by atoms with Gasteiger partial charge >= 0.3 is 0 Å². The van der Waals surface area contributed by atoms with Crippen molar-refractivity contribution < 1.29 is 4.74 Å². The first-order chi connectivity index (χ1) is 8.33. The monoisotopic (exact) mass is 259 g/mol. The van der Waals surface area contributed by atoms with Crippen LogP contribution in [0, 0.1) is 0 Å². The summed E-state index contributed by atoms with van der Waals surface area (Å²) in [6, 6.07) is 0. The van der Waals surface area contributed by atoms with Crippen LogP contribution in [-0.4, -0.2) is 55.9 Å². The Morgan fingerprint density at radius 2 is 1.94 bits per heavy atom. The van der Waals surface area contributed by atoms with Crippen LogP contribution in [0.1, 0.15) is 26.2 Å². The number of likely N-dealkylation sites (tertiary alicyclic amines) is 1. The van der Waals surface area contributed by atoms with Gasteiger partial charge in [0.2, 0.25) is 0 Å². The Hall–Kier alpha value is -0.390. The predicted octanol–water partition coefficient (Wildman–Crippen LogP) is 0.973. The standard InChI is InChI=1S/C12H25N3OS/c1-2-16-11-5-6-13-12(17)14-7-10-15-8-3-4-9-15/h2-11H2,1H3,(H2,13,14,17). The first kappa shape index (κ1) is 14.7. The molecule has 5 heteroatoms. The van der Waals surface area contributed by atoms with E-state index in [1.807, 2.05) is 6.92 Å². The maximum atomic E-state index is 5.25. The molecule has 0 aliphatic carbocycles.